The first-order chi connectivity index (χ1) is 15.2. The van der Waals surface area contributed by atoms with Crippen LogP contribution < -0.4 is 14.8 Å². The Morgan fingerprint density at radius 1 is 0.688 bits per heavy atom. The molecule has 0 aromatic heterocycles. The second-order valence-corrected chi connectivity index (χ2v) is 9.25. The third-order valence-electron chi connectivity index (χ3n) is 5.98. The fraction of sp³-hybridized carbons (Fsp3) is 0.231. The molecule has 0 aliphatic heterocycles. The van der Waals surface area contributed by atoms with Crippen LogP contribution in [0.15, 0.2) is 48.5 Å². The standard InChI is InChI=1S/C26H27O5P/c1-15-16(2)22(24(27)19-11-8-7-9-12-19)18(4)25(17(15)3)32(29)26(28)23-20(30-5)13-10-14-21(23)31-6/h7-14,32H,1-6H3. The summed E-state index contributed by atoms with van der Waals surface area (Å²) < 4.78 is 24.4. The highest BCUT2D eigenvalue weighted by Crippen LogP contribution is 2.39. The van der Waals surface area contributed by atoms with Crippen molar-refractivity contribution in [3.8, 4) is 11.5 Å². The summed E-state index contributed by atoms with van der Waals surface area (Å²) in [5.41, 5.74) is 3.64. The molecule has 0 amide bonds. The lowest BCUT2D eigenvalue weighted by Crippen LogP contribution is -2.20. The van der Waals surface area contributed by atoms with Gasteiger partial charge in [0.05, 0.1) is 14.2 Å². The van der Waals surface area contributed by atoms with Crippen LogP contribution in [-0.2, 0) is 4.57 Å². The molecule has 0 saturated carbocycles. The van der Waals surface area contributed by atoms with Crippen molar-refractivity contribution in [3.63, 3.8) is 0 Å². The molecule has 0 saturated heterocycles. The fourth-order valence-electron chi connectivity index (χ4n) is 4.06. The second-order valence-electron chi connectivity index (χ2n) is 7.64. The van der Waals surface area contributed by atoms with Gasteiger partial charge in [-0.3, -0.25) is 9.59 Å². The number of hydrogen-bond acceptors (Lipinski definition) is 5. The largest absolute Gasteiger partial charge is 0.496 e. The van der Waals surface area contributed by atoms with E-state index in [-0.39, 0.29) is 11.3 Å². The van der Waals surface area contributed by atoms with Crippen molar-refractivity contribution in [1.82, 2.24) is 0 Å². The molecule has 0 aliphatic rings. The van der Waals surface area contributed by atoms with Crippen LogP contribution in [0, 0.1) is 27.7 Å². The van der Waals surface area contributed by atoms with Crippen LogP contribution in [0.4, 0.5) is 0 Å². The van der Waals surface area contributed by atoms with E-state index in [9.17, 15) is 14.2 Å². The van der Waals surface area contributed by atoms with Gasteiger partial charge in [0.25, 0.3) is 0 Å². The van der Waals surface area contributed by atoms with Crippen LogP contribution in [0.5, 0.6) is 11.5 Å². The third kappa shape index (κ3) is 4.01. The Kier molecular flexibility index (Phi) is 7.00. The van der Waals surface area contributed by atoms with Crippen molar-refractivity contribution in [2.45, 2.75) is 27.7 Å². The first-order valence-corrected chi connectivity index (χ1v) is 11.7. The fourth-order valence-corrected chi connectivity index (χ4v) is 5.76. The molecule has 3 aromatic carbocycles. The average molecular weight is 450 g/mol. The van der Waals surface area contributed by atoms with E-state index in [2.05, 4.69) is 0 Å². The molecule has 0 radical (unpaired) electrons. The van der Waals surface area contributed by atoms with Gasteiger partial charge in [0, 0.05) is 16.4 Å². The molecule has 1 atom stereocenters. The summed E-state index contributed by atoms with van der Waals surface area (Å²) in [7, 11) is -0.0969. The van der Waals surface area contributed by atoms with E-state index < -0.39 is 13.3 Å². The summed E-state index contributed by atoms with van der Waals surface area (Å²) >= 11 is 0. The van der Waals surface area contributed by atoms with E-state index in [0.29, 0.717) is 33.5 Å². The number of carbonyl (C=O) groups is 2. The molecule has 0 N–H and O–H groups in total. The molecule has 0 fully saturated rings. The van der Waals surface area contributed by atoms with Gasteiger partial charge in [-0.05, 0) is 62.1 Å². The zero-order valence-electron chi connectivity index (χ0n) is 19.2. The number of ketones is 1. The highest BCUT2D eigenvalue weighted by atomic mass is 31.1. The van der Waals surface area contributed by atoms with Crippen LogP contribution >= 0.6 is 7.80 Å². The lowest BCUT2D eigenvalue weighted by atomic mass is 9.89. The molecule has 0 aliphatic carbocycles. The van der Waals surface area contributed by atoms with E-state index >= 15 is 0 Å². The highest BCUT2D eigenvalue weighted by molar-refractivity contribution is 7.71. The number of carbonyl (C=O) groups excluding carboxylic acids is 2. The van der Waals surface area contributed by atoms with Crippen LogP contribution in [0.3, 0.4) is 0 Å². The highest BCUT2D eigenvalue weighted by Gasteiger charge is 2.30. The van der Waals surface area contributed by atoms with Crippen LogP contribution in [0.2, 0.25) is 0 Å². The van der Waals surface area contributed by atoms with Gasteiger partial charge in [-0.1, -0.05) is 36.4 Å². The Labute approximate surface area is 189 Å². The molecule has 32 heavy (non-hydrogen) atoms. The lowest BCUT2D eigenvalue weighted by Gasteiger charge is -2.20. The number of rotatable bonds is 7. The van der Waals surface area contributed by atoms with Gasteiger partial charge in [-0.25, -0.2) is 0 Å². The minimum Gasteiger partial charge on any atom is -0.496 e. The van der Waals surface area contributed by atoms with E-state index in [1.807, 2.05) is 26.8 Å². The van der Waals surface area contributed by atoms with E-state index in [4.69, 9.17) is 9.47 Å². The summed E-state index contributed by atoms with van der Waals surface area (Å²) in [6.07, 6.45) is 0. The zero-order chi connectivity index (χ0) is 23.6. The van der Waals surface area contributed by atoms with Crippen LogP contribution in [0.25, 0.3) is 0 Å². The van der Waals surface area contributed by atoms with E-state index in [1.165, 1.54) is 14.2 Å². The van der Waals surface area contributed by atoms with Crippen molar-refractivity contribution < 1.29 is 23.6 Å². The van der Waals surface area contributed by atoms with Crippen molar-refractivity contribution >= 4 is 24.4 Å². The quantitative estimate of drug-likeness (QED) is 0.366. The van der Waals surface area contributed by atoms with E-state index in [1.54, 1.807) is 49.4 Å². The Morgan fingerprint density at radius 3 is 1.78 bits per heavy atom. The normalized spacial score (nSPS) is 11.7. The maximum atomic E-state index is 13.7. The zero-order valence-corrected chi connectivity index (χ0v) is 20.2. The summed E-state index contributed by atoms with van der Waals surface area (Å²) in [5, 5.41) is 0.426. The summed E-state index contributed by atoms with van der Waals surface area (Å²) in [6.45, 7) is 7.38. The SMILES string of the molecule is COc1cccc(OC)c1C(=O)[PH](=O)c1c(C)c(C)c(C)c(C(=O)c2ccccc2)c1C. The molecule has 5 nitrogen and oxygen atoms in total. The third-order valence-corrected chi connectivity index (χ3v) is 7.84. The Hall–Kier alpha value is -3.17. The number of methoxy groups -OCH3 is 2. The maximum absolute atomic E-state index is 13.7. The minimum absolute atomic E-state index is 0.148. The molecular formula is C26H27O5P. The first-order valence-electron chi connectivity index (χ1n) is 10.2. The van der Waals surface area contributed by atoms with Gasteiger partial charge >= 0.3 is 0 Å². The predicted molar refractivity (Wildman–Crippen MR) is 128 cm³/mol. The molecular weight excluding hydrogens is 423 g/mol. The molecule has 6 heteroatoms. The second kappa shape index (κ2) is 9.54. The molecule has 0 heterocycles. The van der Waals surface area contributed by atoms with Crippen LogP contribution in [0.1, 0.15) is 48.5 Å². The van der Waals surface area contributed by atoms with Gasteiger partial charge in [0.2, 0.25) is 5.52 Å². The molecule has 3 rings (SSSR count). The minimum atomic E-state index is -3.00. The summed E-state index contributed by atoms with van der Waals surface area (Å²) in [5.74, 6) is 0.446. The number of hydrogen-bond donors (Lipinski definition) is 0. The van der Waals surface area contributed by atoms with Crippen molar-refractivity contribution in [3.05, 3.63) is 87.5 Å². The first kappa shape index (κ1) is 23.5. The molecule has 3 aromatic rings. The van der Waals surface area contributed by atoms with Crippen molar-refractivity contribution in [2.75, 3.05) is 14.2 Å². The Morgan fingerprint density at radius 2 is 1.25 bits per heavy atom. The monoisotopic (exact) mass is 450 g/mol. The average Bonchev–Trinajstić information content (AvgIpc) is 2.82. The molecule has 0 bridgehead atoms. The van der Waals surface area contributed by atoms with Gasteiger partial charge < -0.3 is 14.0 Å². The van der Waals surface area contributed by atoms with Gasteiger partial charge in [0.15, 0.2) is 13.6 Å². The Balaban J connectivity index is 2.21. The van der Waals surface area contributed by atoms with Crippen molar-refractivity contribution in [1.29, 1.82) is 0 Å². The Bertz CT molecular complexity index is 1210. The summed E-state index contributed by atoms with van der Waals surface area (Å²) in [4.78, 5) is 26.8. The number of ether oxygens (including phenoxy) is 2. The number of benzene rings is 3. The van der Waals surface area contributed by atoms with Gasteiger partial charge in [-0.15, -0.1) is 0 Å². The van der Waals surface area contributed by atoms with Crippen molar-refractivity contribution in [2.24, 2.45) is 0 Å². The molecule has 1 unspecified atom stereocenters. The lowest BCUT2D eigenvalue weighted by molar-refractivity contribution is 0.103. The van der Waals surface area contributed by atoms with Gasteiger partial charge in [-0.2, -0.15) is 0 Å². The van der Waals surface area contributed by atoms with Crippen LogP contribution in [-0.4, -0.2) is 25.5 Å². The summed E-state index contributed by atoms with van der Waals surface area (Å²) in [6, 6.07) is 13.9. The smallest absolute Gasteiger partial charge is 0.230 e. The van der Waals surface area contributed by atoms with E-state index in [0.717, 1.165) is 16.7 Å². The molecule has 166 valence electrons. The maximum Gasteiger partial charge on any atom is 0.230 e. The molecule has 0 spiro atoms. The van der Waals surface area contributed by atoms with Gasteiger partial charge in [0.1, 0.15) is 17.1 Å². The predicted octanol–water partition coefficient (Wildman–Crippen LogP) is 5.19. The topological polar surface area (TPSA) is 69.7 Å².